The molecule has 0 bridgehead atoms. The molecule has 1 aliphatic rings. The molecule has 1 N–H and O–H groups in total. The van der Waals surface area contributed by atoms with E-state index in [4.69, 9.17) is 4.74 Å². The maximum atomic E-state index is 5.54. The highest BCUT2D eigenvalue weighted by Gasteiger charge is 2.29. The lowest BCUT2D eigenvalue weighted by Crippen LogP contribution is -2.41. The molecular formula is C13H21N3O. The average Bonchev–Trinajstić information content (AvgIpc) is 2.27. The Morgan fingerprint density at radius 3 is 2.88 bits per heavy atom. The summed E-state index contributed by atoms with van der Waals surface area (Å²) in [5.41, 5.74) is 1.12. The molecule has 0 spiro atoms. The Bertz CT molecular complexity index is 350. The summed E-state index contributed by atoms with van der Waals surface area (Å²) >= 11 is 0. The van der Waals surface area contributed by atoms with Crippen LogP contribution in [-0.4, -0.2) is 28.7 Å². The molecule has 94 valence electrons. The SMILES string of the molecule is CCCc1cc(NC2CC(OCC)C2)ncn1. The zero-order chi connectivity index (χ0) is 12.1. The second-order valence-electron chi connectivity index (χ2n) is 4.53. The van der Waals surface area contributed by atoms with Crippen molar-refractivity contribution in [2.24, 2.45) is 0 Å². The molecule has 0 aromatic carbocycles. The molecule has 0 aliphatic heterocycles. The van der Waals surface area contributed by atoms with Gasteiger partial charge in [-0.3, -0.25) is 0 Å². The van der Waals surface area contributed by atoms with Gasteiger partial charge in [-0.05, 0) is 26.2 Å². The van der Waals surface area contributed by atoms with Crippen molar-refractivity contribution in [2.75, 3.05) is 11.9 Å². The number of anilines is 1. The normalized spacial score (nSPS) is 23.2. The van der Waals surface area contributed by atoms with Gasteiger partial charge in [-0.1, -0.05) is 13.3 Å². The van der Waals surface area contributed by atoms with Crippen molar-refractivity contribution < 1.29 is 4.74 Å². The van der Waals surface area contributed by atoms with Crippen molar-refractivity contribution in [1.29, 1.82) is 0 Å². The first kappa shape index (κ1) is 12.3. The van der Waals surface area contributed by atoms with Gasteiger partial charge in [0.15, 0.2) is 0 Å². The summed E-state index contributed by atoms with van der Waals surface area (Å²) in [6, 6.07) is 2.56. The highest BCUT2D eigenvalue weighted by molar-refractivity contribution is 5.36. The summed E-state index contributed by atoms with van der Waals surface area (Å²) in [4.78, 5) is 8.50. The van der Waals surface area contributed by atoms with Crippen LogP contribution >= 0.6 is 0 Å². The average molecular weight is 235 g/mol. The topological polar surface area (TPSA) is 47.0 Å². The lowest BCUT2D eigenvalue weighted by molar-refractivity contribution is 0.00292. The Kier molecular flexibility index (Phi) is 4.31. The number of ether oxygens (including phenoxy) is 1. The van der Waals surface area contributed by atoms with Crippen molar-refractivity contribution in [1.82, 2.24) is 9.97 Å². The van der Waals surface area contributed by atoms with E-state index in [0.717, 1.165) is 43.8 Å². The van der Waals surface area contributed by atoms with Crippen molar-refractivity contribution in [3.05, 3.63) is 18.1 Å². The second-order valence-corrected chi connectivity index (χ2v) is 4.53. The number of nitrogens with zero attached hydrogens (tertiary/aromatic N) is 2. The van der Waals surface area contributed by atoms with Crippen LogP contribution in [0, 0.1) is 0 Å². The van der Waals surface area contributed by atoms with Gasteiger partial charge in [0.1, 0.15) is 12.1 Å². The van der Waals surface area contributed by atoms with Crippen LogP contribution in [0.25, 0.3) is 0 Å². The Balaban J connectivity index is 1.81. The molecule has 0 amide bonds. The van der Waals surface area contributed by atoms with Crippen molar-refractivity contribution in [3.8, 4) is 0 Å². The summed E-state index contributed by atoms with van der Waals surface area (Å²) in [5, 5.41) is 3.43. The lowest BCUT2D eigenvalue weighted by Gasteiger charge is -2.35. The summed E-state index contributed by atoms with van der Waals surface area (Å²) in [5.74, 6) is 0.948. The summed E-state index contributed by atoms with van der Waals surface area (Å²) in [6.45, 7) is 5.02. The number of rotatable bonds is 6. The van der Waals surface area contributed by atoms with Crippen LogP contribution in [0.1, 0.15) is 38.8 Å². The molecule has 1 aromatic heterocycles. The van der Waals surface area contributed by atoms with E-state index in [1.165, 1.54) is 0 Å². The maximum Gasteiger partial charge on any atom is 0.129 e. The standard InChI is InChI=1S/C13H21N3O/c1-3-5-10-8-13(15-9-14-10)16-11-6-12(7-11)17-4-2/h8-9,11-12H,3-7H2,1-2H3,(H,14,15,16). The first-order chi connectivity index (χ1) is 8.31. The van der Waals surface area contributed by atoms with Gasteiger partial charge in [-0.15, -0.1) is 0 Å². The van der Waals surface area contributed by atoms with Gasteiger partial charge < -0.3 is 10.1 Å². The first-order valence-electron chi connectivity index (χ1n) is 6.50. The van der Waals surface area contributed by atoms with Gasteiger partial charge >= 0.3 is 0 Å². The molecule has 0 radical (unpaired) electrons. The first-order valence-corrected chi connectivity index (χ1v) is 6.50. The third kappa shape index (κ3) is 3.40. The van der Waals surface area contributed by atoms with Gasteiger partial charge in [-0.2, -0.15) is 0 Å². The summed E-state index contributed by atoms with van der Waals surface area (Å²) < 4.78 is 5.54. The molecule has 17 heavy (non-hydrogen) atoms. The lowest BCUT2D eigenvalue weighted by atomic mass is 9.89. The van der Waals surface area contributed by atoms with Crippen LogP contribution in [0.15, 0.2) is 12.4 Å². The van der Waals surface area contributed by atoms with E-state index >= 15 is 0 Å². The number of aryl methyl sites for hydroxylation is 1. The van der Waals surface area contributed by atoms with Crippen LogP contribution in [0.4, 0.5) is 5.82 Å². The van der Waals surface area contributed by atoms with Gasteiger partial charge in [0.05, 0.1) is 6.10 Å². The monoisotopic (exact) mass is 235 g/mol. The molecule has 4 nitrogen and oxygen atoms in total. The maximum absolute atomic E-state index is 5.54. The molecule has 4 heteroatoms. The highest BCUT2D eigenvalue weighted by atomic mass is 16.5. The van der Waals surface area contributed by atoms with Crippen LogP contribution < -0.4 is 5.32 Å². The predicted molar refractivity (Wildman–Crippen MR) is 68.1 cm³/mol. The minimum absolute atomic E-state index is 0.439. The molecule has 2 rings (SSSR count). The highest BCUT2D eigenvalue weighted by Crippen LogP contribution is 2.26. The second kappa shape index (κ2) is 5.96. The van der Waals surface area contributed by atoms with E-state index in [2.05, 4.69) is 28.3 Å². The molecule has 1 fully saturated rings. The van der Waals surface area contributed by atoms with Crippen LogP contribution in [0.3, 0.4) is 0 Å². The molecule has 0 unspecified atom stereocenters. The quantitative estimate of drug-likeness (QED) is 0.822. The molecule has 0 atom stereocenters. The van der Waals surface area contributed by atoms with E-state index < -0.39 is 0 Å². The fourth-order valence-electron chi connectivity index (χ4n) is 2.13. The van der Waals surface area contributed by atoms with Gasteiger partial charge in [-0.25, -0.2) is 9.97 Å². The molecule has 1 heterocycles. The molecule has 0 saturated heterocycles. The minimum atomic E-state index is 0.439. The Morgan fingerprint density at radius 2 is 2.18 bits per heavy atom. The smallest absolute Gasteiger partial charge is 0.129 e. The third-order valence-electron chi connectivity index (χ3n) is 3.08. The van der Waals surface area contributed by atoms with E-state index in [-0.39, 0.29) is 0 Å². The molecular weight excluding hydrogens is 214 g/mol. The van der Waals surface area contributed by atoms with Crippen molar-refractivity contribution >= 4 is 5.82 Å². The summed E-state index contributed by atoms with van der Waals surface area (Å²) in [6.07, 6.45) is 6.39. The number of aromatic nitrogens is 2. The molecule has 1 aliphatic carbocycles. The fourth-order valence-corrected chi connectivity index (χ4v) is 2.13. The van der Waals surface area contributed by atoms with Crippen LogP contribution in [-0.2, 0) is 11.2 Å². The number of nitrogens with one attached hydrogen (secondary N) is 1. The van der Waals surface area contributed by atoms with Crippen LogP contribution in [0.5, 0.6) is 0 Å². The van der Waals surface area contributed by atoms with E-state index in [1.807, 2.05) is 6.92 Å². The Hall–Kier alpha value is -1.16. The summed E-state index contributed by atoms with van der Waals surface area (Å²) in [7, 11) is 0. The zero-order valence-corrected chi connectivity index (χ0v) is 10.6. The Labute approximate surface area is 103 Å². The van der Waals surface area contributed by atoms with Gasteiger partial charge in [0.2, 0.25) is 0 Å². The molecule has 1 saturated carbocycles. The number of hydrogen-bond donors (Lipinski definition) is 1. The van der Waals surface area contributed by atoms with Crippen LogP contribution in [0.2, 0.25) is 0 Å². The van der Waals surface area contributed by atoms with E-state index in [1.54, 1.807) is 6.33 Å². The molecule has 1 aromatic rings. The van der Waals surface area contributed by atoms with Gasteiger partial charge in [0, 0.05) is 24.4 Å². The third-order valence-corrected chi connectivity index (χ3v) is 3.08. The van der Waals surface area contributed by atoms with E-state index in [9.17, 15) is 0 Å². The largest absolute Gasteiger partial charge is 0.378 e. The van der Waals surface area contributed by atoms with Crippen molar-refractivity contribution in [3.63, 3.8) is 0 Å². The van der Waals surface area contributed by atoms with E-state index in [0.29, 0.717) is 12.1 Å². The number of hydrogen-bond acceptors (Lipinski definition) is 4. The van der Waals surface area contributed by atoms with Gasteiger partial charge in [0.25, 0.3) is 0 Å². The predicted octanol–water partition coefficient (Wildman–Crippen LogP) is 2.41. The fraction of sp³-hybridized carbons (Fsp3) is 0.692. The minimum Gasteiger partial charge on any atom is -0.378 e. The Morgan fingerprint density at radius 1 is 1.35 bits per heavy atom. The van der Waals surface area contributed by atoms with Crippen molar-refractivity contribution in [2.45, 2.75) is 51.7 Å². The zero-order valence-electron chi connectivity index (χ0n) is 10.6.